The van der Waals surface area contributed by atoms with E-state index in [1.807, 2.05) is 12.1 Å². The number of halogens is 1. The number of nitrogens with two attached hydrogens (primary N) is 1. The third kappa shape index (κ3) is 2.06. The summed E-state index contributed by atoms with van der Waals surface area (Å²) in [7, 11) is 0. The molecule has 1 aromatic heterocycles. The summed E-state index contributed by atoms with van der Waals surface area (Å²) in [6.45, 7) is 0.746. The fraction of sp³-hybridized carbons (Fsp3) is 0.200. The maximum atomic E-state index is 5.11. The summed E-state index contributed by atoms with van der Waals surface area (Å²) in [5.74, 6) is 5.11. The van der Waals surface area contributed by atoms with Crippen molar-refractivity contribution in [3.05, 3.63) is 20.8 Å². The molecule has 0 saturated carbocycles. The summed E-state index contributed by atoms with van der Waals surface area (Å²) in [6.07, 6.45) is 0. The second-order valence-electron chi connectivity index (χ2n) is 1.59. The van der Waals surface area contributed by atoms with Crippen molar-refractivity contribution < 1.29 is 0 Å². The van der Waals surface area contributed by atoms with E-state index in [1.165, 1.54) is 4.88 Å². The second-order valence-corrected chi connectivity index (χ2v) is 4.13. The van der Waals surface area contributed by atoms with Crippen molar-refractivity contribution >= 4 is 27.3 Å². The summed E-state index contributed by atoms with van der Waals surface area (Å²) >= 11 is 5.04. The van der Waals surface area contributed by atoms with Gasteiger partial charge in [0.1, 0.15) is 0 Å². The third-order valence-corrected chi connectivity index (χ3v) is 2.53. The van der Waals surface area contributed by atoms with Crippen LogP contribution in [-0.2, 0) is 6.54 Å². The second kappa shape index (κ2) is 3.31. The number of nitrogens with one attached hydrogen (secondary N) is 1. The van der Waals surface area contributed by atoms with Crippen molar-refractivity contribution in [1.82, 2.24) is 5.43 Å². The molecule has 0 aliphatic carbocycles. The molecule has 1 aromatic rings. The van der Waals surface area contributed by atoms with Crippen molar-refractivity contribution in [2.24, 2.45) is 5.84 Å². The summed E-state index contributed by atoms with van der Waals surface area (Å²) < 4.78 is 1.15. The molecule has 0 bridgehead atoms. The van der Waals surface area contributed by atoms with Crippen molar-refractivity contribution in [3.8, 4) is 0 Å². The zero-order valence-corrected chi connectivity index (χ0v) is 7.13. The van der Waals surface area contributed by atoms with E-state index in [4.69, 9.17) is 5.84 Å². The number of rotatable bonds is 2. The number of hydrogen-bond acceptors (Lipinski definition) is 3. The summed E-state index contributed by atoms with van der Waals surface area (Å²) in [4.78, 5) is 1.24. The average molecular weight is 207 g/mol. The number of hydrazine groups is 1. The highest BCUT2D eigenvalue weighted by atomic mass is 79.9. The first-order valence-electron chi connectivity index (χ1n) is 2.50. The Morgan fingerprint density at radius 1 is 1.67 bits per heavy atom. The quantitative estimate of drug-likeness (QED) is 0.569. The molecule has 0 aliphatic rings. The zero-order chi connectivity index (χ0) is 6.69. The molecule has 0 atom stereocenters. The van der Waals surface area contributed by atoms with Crippen LogP contribution in [0, 0.1) is 0 Å². The molecule has 3 N–H and O–H groups in total. The largest absolute Gasteiger partial charge is 0.271 e. The Balaban J connectivity index is 2.61. The molecule has 9 heavy (non-hydrogen) atoms. The average Bonchev–Trinajstić information content (AvgIpc) is 2.17. The molecule has 1 heterocycles. The van der Waals surface area contributed by atoms with E-state index in [1.54, 1.807) is 11.3 Å². The fourth-order valence-corrected chi connectivity index (χ4v) is 1.98. The number of hydrogen-bond donors (Lipinski definition) is 2. The normalized spacial score (nSPS) is 10.0. The monoisotopic (exact) mass is 206 g/mol. The van der Waals surface area contributed by atoms with Gasteiger partial charge in [-0.1, -0.05) is 0 Å². The van der Waals surface area contributed by atoms with E-state index in [-0.39, 0.29) is 0 Å². The van der Waals surface area contributed by atoms with Gasteiger partial charge in [-0.2, -0.15) is 0 Å². The topological polar surface area (TPSA) is 38.0 Å². The lowest BCUT2D eigenvalue weighted by molar-refractivity contribution is 0.751. The van der Waals surface area contributed by atoms with Gasteiger partial charge in [-0.05, 0) is 28.1 Å². The van der Waals surface area contributed by atoms with Gasteiger partial charge in [0.05, 0.1) is 3.79 Å². The van der Waals surface area contributed by atoms with Crippen LogP contribution in [0.2, 0.25) is 0 Å². The Bertz CT molecular complexity index is 187. The molecule has 0 amide bonds. The Morgan fingerprint density at radius 3 is 2.89 bits per heavy atom. The molecular weight excluding hydrogens is 200 g/mol. The molecule has 0 spiro atoms. The first-order valence-corrected chi connectivity index (χ1v) is 4.11. The van der Waals surface area contributed by atoms with Crippen LogP contribution in [0.1, 0.15) is 4.88 Å². The van der Waals surface area contributed by atoms with E-state index in [2.05, 4.69) is 21.4 Å². The van der Waals surface area contributed by atoms with Crippen molar-refractivity contribution in [1.29, 1.82) is 0 Å². The van der Waals surface area contributed by atoms with Crippen LogP contribution >= 0.6 is 27.3 Å². The zero-order valence-electron chi connectivity index (χ0n) is 4.73. The maximum absolute atomic E-state index is 5.11. The minimum atomic E-state index is 0.746. The van der Waals surface area contributed by atoms with Crippen LogP contribution in [0.4, 0.5) is 0 Å². The molecule has 0 aliphatic heterocycles. The molecule has 0 aromatic carbocycles. The molecule has 0 radical (unpaired) electrons. The highest BCUT2D eigenvalue weighted by molar-refractivity contribution is 9.11. The summed E-state index contributed by atoms with van der Waals surface area (Å²) in [5, 5.41) is 0. The summed E-state index contributed by atoms with van der Waals surface area (Å²) in [6, 6.07) is 4.05. The van der Waals surface area contributed by atoms with Gasteiger partial charge >= 0.3 is 0 Å². The van der Waals surface area contributed by atoms with Gasteiger partial charge in [0.15, 0.2) is 0 Å². The van der Waals surface area contributed by atoms with Gasteiger partial charge in [-0.25, -0.2) is 0 Å². The van der Waals surface area contributed by atoms with Gasteiger partial charge in [0, 0.05) is 11.4 Å². The molecule has 50 valence electrons. The SMILES string of the molecule is NNCc1ccc(Br)s1. The van der Waals surface area contributed by atoms with Crippen LogP contribution in [0.25, 0.3) is 0 Å². The van der Waals surface area contributed by atoms with E-state index < -0.39 is 0 Å². The minimum Gasteiger partial charge on any atom is -0.271 e. The third-order valence-electron chi connectivity index (χ3n) is 0.905. The predicted molar refractivity (Wildman–Crippen MR) is 43.0 cm³/mol. The van der Waals surface area contributed by atoms with Gasteiger partial charge in [0.25, 0.3) is 0 Å². The van der Waals surface area contributed by atoms with Crippen LogP contribution in [0.15, 0.2) is 15.9 Å². The molecule has 0 saturated heterocycles. The lowest BCUT2D eigenvalue weighted by Gasteiger charge is -1.89. The summed E-state index contributed by atoms with van der Waals surface area (Å²) in [5.41, 5.74) is 2.59. The van der Waals surface area contributed by atoms with Crippen LogP contribution in [0.5, 0.6) is 0 Å². The van der Waals surface area contributed by atoms with E-state index in [0.29, 0.717) is 0 Å². The Hall–Kier alpha value is 0.1000. The van der Waals surface area contributed by atoms with E-state index in [0.717, 1.165) is 10.3 Å². The molecule has 0 fully saturated rings. The minimum absolute atomic E-state index is 0.746. The molecule has 0 unspecified atom stereocenters. The maximum Gasteiger partial charge on any atom is 0.0701 e. The number of thiophene rings is 1. The van der Waals surface area contributed by atoms with Crippen LogP contribution in [-0.4, -0.2) is 0 Å². The Kier molecular flexibility index (Phi) is 2.65. The van der Waals surface area contributed by atoms with Crippen molar-refractivity contribution in [2.75, 3.05) is 0 Å². The van der Waals surface area contributed by atoms with Crippen LogP contribution < -0.4 is 11.3 Å². The van der Waals surface area contributed by atoms with Crippen molar-refractivity contribution in [2.45, 2.75) is 6.54 Å². The Labute approximate surface area is 66.2 Å². The first-order chi connectivity index (χ1) is 4.33. The highest BCUT2D eigenvalue weighted by Gasteiger charge is 1.93. The first kappa shape index (κ1) is 7.21. The van der Waals surface area contributed by atoms with E-state index >= 15 is 0 Å². The molecule has 1 rings (SSSR count). The molecular formula is C5H7BrN2S. The fourth-order valence-electron chi connectivity index (χ4n) is 0.547. The lowest BCUT2D eigenvalue weighted by atomic mass is 10.5. The van der Waals surface area contributed by atoms with Gasteiger partial charge in [-0.3, -0.25) is 11.3 Å². The standard InChI is InChI=1S/C5H7BrN2S/c6-5-2-1-4(9-5)3-8-7/h1-2,8H,3,7H2. The van der Waals surface area contributed by atoms with Gasteiger partial charge < -0.3 is 0 Å². The van der Waals surface area contributed by atoms with Crippen molar-refractivity contribution in [3.63, 3.8) is 0 Å². The lowest BCUT2D eigenvalue weighted by Crippen LogP contribution is -2.19. The predicted octanol–water partition coefficient (Wildman–Crippen LogP) is 1.47. The molecule has 2 nitrogen and oxygen atoms in total. The smallest absolute Gasteiger partial charge is 0.0701 e. The molecule has 4 heteroatoms. The van der Waals surface area contributed by atoms with E-state index in [9.17, 15) is 0 Å². The van der Waals surface area contributed by atoms with Gasteiger partial charge in [-0.15, -0.1) is 11.3 Å². The van der Waals surface area contributed by atoms with Crippen LogP contribution in [0.3, 0.4) is 0 Å². The Morgan fingerprint density at radius 2 is 2.44 bits per heavy atom. The van der Waals surface area contributed by atoms with Gasteiger partial charge in [0.2, 0.25) is 0 Å². The highest BCUT2D eigenvalue weighted by Crippen LogP contribution is 2.21.